The Hall–Kier alpha value is -1.57. The molecule has 2 rings (SSSR count). The van der Waals surface area contributed by atoms with Gasteiger partial charge in [-0.25, -0.2) is 4.98 Å². The quantitative estimate of drug-likeness (QED) is 0.691. The molecule has 0 saturated carbocycles. The lowest BCUT2D eigenvalue weighted by molar-refractivity contribution is 1.02. The smallest absolute Gasteiger partial charge is 0.0995 e. The fourth-order valence-corrected chi connectivity index (χ4v) is 2.12. The molecule has 0 bridgehead atoms. The van der Waals surface area contributed by atoms with Gasteiger partial charge in [-0.1, -0.05) is 17.7 Å². The topological polar surface area (TPSA) is 17.8 Å². The van der Waals surface area contributed by atoms with Gasteiger partial charge in [0, 0.05) is 6.20 Å². The first-order chi connectivity index (χ1) is 7.08. The molecule has 0 amide bonds. The van der Waals surface area contributed by atoms with Crippen molar-refractivity contribution >= 4 is 0 Å². The molecule has 0 saturated heterocycles. The first-order valence-corrected chi connectivity index (χ1v) is 5.17. The molecule has 0 aliphatic rings. The normalized spacial score (nSPS) is 10.7. The van der Waals surface area contributed by atoms with E-state index < -0.39 is 0 Å². The molecule has 2 heteroatoms. The molecule has 0 aliphatic heterocycles. The minimum Gasteiger partial charge on any atom is -0.306 e. The lowest BCUT2D eigenvalue weighted by atomic mass is 10.1. The minimum absolute atomic E-state index is 1.05. The number of aromatic nitrogens is 2. The van der Waals surface area contributed by atoms with Gasteiger partial charge in [-0.15, -0.1) is 0 Å². The Morgan fingerprint density at radius 1 is 1.00 bits per heavy atom. The largest absolute Gasteiger partial charge is 0.306 e. The van der Waals surface area contributed by atoms with Crippen molar-refractivity contribution in [2.75, 3.05) is 0 Å². The predicted octanol–water partition coefficient (Wildman–Crippen LogP) is 3.11. The van der Waals surface area contributed by atoms with Gasteiger partial charge in [0.1, 0.15) is 0 Å². The highest BCUT2D eigenvalue weighted by Gasteiger charge is 2.05. The third-order valence-corrected chi connectivity index (χ3v) is 2.61. The summed E-state index contributed by atoms with van der Waals surface area (Å²) < 4.78 is 2.10. The van der Waals surface area contributed by atoms with Crippen LogP contribution in [0.2, 0.25) is 0 Å². The van der Waals surface area contributed by atoms with Gasteiger partial charge in [0.05, 0.1) is 17.7 Å². The highest BCUT2D eigenvalue weighted by atomic mass is 15.0. The number of nitrogens with zero attached hydrogens (tertiary/aromatic N) is 2. The zero-order valence-corrected chi connectivity index (χ0v) is 9.70. The Labute approximate surface area is 90.6 Å². The summed E-state index contributed by atoms with van der Waals surface area (Å²) >= 11 is 0. The highest BCUT2D eigenvalue weighted by molar-refractivity contribution is 5.49. The van der Waals surface area contributed by atoms with Crippen molar-refractivity contribution in [1.29, 1.82) is 0 Å². The second-order valence-electron chi connectivity index (χ2n) is 4.17. The van der Waals surface area contributed by atoms with Crippen molar-refractivity contribution in [2.24, 2.45) is 0 Å². The third kappa shape index (κ3) is 1.80. The van der Waals surface area contributed by atoms with Crippen molar-refractivity contribution in [3.8, 4) is 5.69 Å². The van der Waals surface area contributed by atoms with Crippen molar-refractivity contribution in [3.63, 3.8) is 0 Å². The summed E-state index contributed by atoms with van der Waals surface area (Å²) in [5.74, 6) is 0. The van der Waals surface area contributed by atoms with E-state index in [1.165, 1.54) is 22.4 Å². The molecule has 1 aromatic carbocycles. The van der Waals surface area contributed by atoms with Gasteiger partial charge >= 0.3 is 0 Å². The zero-order chi connectivity index (χ0) is 11.0. The first-order valence-electron chi connectivity index (χ1n) is 5.17. The molecule has 0 atom stereocenters. The van der Waals surface area contributed by atoms with Crippen LogP contribution >= 0.6 is 0 Å². The van der Waals surface area contributed by atoms with Gasteiger partial charge in [-0.2, -0.15) is 0 Å². The number of imidazole rings is 1. The average Bonchev–Trinajstić information content (AvgIpc) is 2.49. The van der Waals surface area contributed by atoms with E-state index in [-0.39, 0.29) is 0 Å². The SMILES string of the molecule is Cc1cc(C)c(-n2cnc(C)c2)c(C)c1. The van der Waals surface area contributed by atoms with Gasteiger partial charge in [0.2, 0.25) is 0 Å². The average molecular weight is 200 g/mol. The van der Waals surface area contributed by atoms with Crippen molar-refractivity contribution in [2.45, 2.75) is 27.7 Å². The van der Waals surface area contributed by atoms with E-state index in [4.69, 9.17) is 0 Å². The van der Waals surface area contributed by atoms with Crippen LogP contribution in [0.15, 0.2) is 24.7 Å². The van der Waals surface area contributed by atoms with Crippen molar-refractivity contribution < 1.29 is 0 Å². The molecule has 0 aliphatic carbocycles. The van der Waals surface area contributed by atoms with Crippen LogP contribution in [-0.4, -0.2) is 9.55 Å². The Kier molecular flexibility index (Phi) is 2.35. The Morgan fingerprint density at radius 2 is 1.60 bits per heavy atom. The fourth-order valence-electron chi connectivity index (χ4n) is 2.12. The standard InChI is InChI=1S/C13H16N2/c1-9-5-10(2)13(11(3)6-9)15-7-12(4)14-8-15/h5-8H,1-4H3. The third-order valence-electron chi connectivity index (χ3n) is 2.61. The van der Waals surface area contributed by atoms with E-state index >= 15 is 0 Å². The molecule has 2 aromatic rings. The van der Waals surface area contributed by atoms with Crippen LogP contribution in [-0.2, 0) is 0 Å². The molecule has 0 fully saturated rings. The van der Waals surface area contributed by atoms with Gasteiger partial charge < -0.3 is 4.57 Å². The Balaban J connectivity index is 2.62. The summed E-state index contributed by atoms with van der Waals surface area (Å²) in [6, 6.07) is 4.41. The summed E-state index contributed by atoms with van der Waals surface area (Å²) in [6.45, 7) is 8.42. The van der Waals surface area contributed by atoms with E-state index in [0.29, 0.717) is 0 Å². The van der Waals surface area contributed by atoms with E-state index in [0.717, 1.165) is 5.69 Å². The summed E-state index contributed by atoms with van der Waals surface area (Å²) in [5, 5.41) is 0. The van der Waals surface area contributed by atoms with Gasteiger partial charge in [-0.3, -0.25) is 0 Å². The second kappa shape index (κ2) is 3.54. The maximum absolute atomic E-state index is 4.26. The molecule has 0 N–H and O–H groups in total. The number of rotatable bonds is 1. The van der Waals surface area contributed by atoms with Crippen LogP contribution in [0.25, 0.3) is 5.69 Å². The molecular weight excluding hydrogens is 184 g/mol. The van der Waals surface area contributed by atoms with Crippen molar-refractivity contribution in [1.82, 2.24) is 9.55 Å². The van der Waals surface area contributed by atoms with Crippen LogP contribution in [0.5, 0.6) is 0 Å². The first kappa shape index (κ1) is 9.97. The monoisotopic (exact) mass is 200 g/mol. The number of aryl methyl sites for hydroxylation is 4. The van der Waals surface area contributed by atoms with Crippen LogP contribution in [0.3, 0.4) is 0 Å². The van der Waals surface area contributed by atoms with Crippen LogP contribution < -0.4 is 0 Å². The molecule has 15 heavy (non-hydrogen) atoms. The van der Waals surface area contributed by atoms with Crippen molar-refractivity contribution in [3.05, 3.63) is 47.0 Å². The molecule has 1 aromatic heterocycles. The van der Waals surface area contributed by atoms with Crippen LogP contribution in [0.1, 0.15) is 22.4 Å². The van der Waals surface area contributed by atoms with E-state index in [2.05, 4.69) is 48.7 Å². The second-order valence-corrected chi connectivity index (χ2v) is 4.17. The molecule has 0 spiro atoms. The number of benzene rings is 1. The molecular formula is C13H16N2. The van der Waals surface area contributed by atoms with E-state index in [9.17, 15) is 0 Å². The summed E-state index contributed by atoms with van der Waals surface area (Å²) in [7, 11) is 0. The summed E-state index contributed by atoms with van der Waals surface area (Å²) in [6.07, 6.45) is 3.94. The van der Waals surface area contributed by atoms with E-state index in [1.54, 1.807) is 0 Å². The maximum Gasteiger partial charge on any atom is 0.0995 e. The lowest BCUT2D eigenvalue weighted by Crippen LogP contribution is -1.98. The van der Waals surface area contributed by atoms with Crippen LogP contribution in [0.4, 0.5) is 0 Å². The van der Waals surface area contributed by atoms with Gasteiger partial charge in [0.15, 0.2) is 0 Å². The summed E-state index contributed by atoms with van der Waals surface area (Å²) in [4.78, 5) is 4.26. The Morgan fingerprint density at radius 3 is 2.07 bits per heavy atom. The Bertz CT molecular complexity index is 472. The molecule has 0 radical (unpaired) electrons. The van der Waals surface area contributed by atoms with Crippen LogP contribution in [0, 0.1) is 27.7 Å². The zero-order valence-electron chi connectivity index (χ0n) is 9.70. The molecule has 1 heterocycles. The predicted molar refractivity (Wildman–Crippen MR) is 62.5 cm³/mol. The number of hydrogen-bond acceptors (Lipinski definition) is 1. The van der Waals surface area contributed by atoms with Gasteiger partial charge in [0.25, 0.3) is 0 Å². The lowest BCUT2D eigenvalue weighted by Gasteiger charge is -2.11. The number of hydrogen-bond donors (Lipinski definition) is 0. The highest BCUT2D eigenvalue weighted by Crippen LogP contribution is 2.20. The molecule has 0 unspecified atom stereocenters. The minimum atomic E-state index is 1.05. The van der Waals surface area contributed by atoms with Gasteiger partial charge in [-0.05, 0) is 38.8 Å². The fraction of sp³-hybridized carbons (Fsp3) is 0.308. The summed E-state index contributed by atoms with van der Waals surface area (Å²) in [5.41, 5.74) is 6.20. The molecule has 78 valence electrons. The maximum atomic E-state index is 4.26. The molecule has 2 nitrogen and oxygen atoms in total. The van der Waals surface area contributed by atoms with E-state index in [1.807, 2.05) is 13.3 Å².